The lowest BCUT2D eigenvalue weighted by Crippen LogP contribution is -2.50. The zero-order valence-electron chi connectivity index (χ0n) is 29.4. The van der Waals surface area contributed by atoms with Crippen LogP contribution in [0.2, 0.25) is 0 Å². The van der Waals surface area contributed by atoms with Crippen LogP contribution in [0.5, 0.6) is 0 Å². The zero-order chi connectivity index (χ0) is 34.5. The molecule has 0 N–H and O–H groups in total. The average molecular weight is 645 g/mol. The smallest absolute Gasteiger partial charge is 0.183 e. The minimum Gasteiger partial charge on any atom is -0.378 e. The standard InChI is InChI=1S/C20H28N2O2.C19H28N2O2/c1-5-11-20(12-6-2,21(3)4)19(23)17-7-9-18(10-8-17)22-13-15-24-16-14-22;1-5-11-19(6-2,20(3)4)18(22)16-7-9-17(10-8-16)21-12-14-23-15-13-21/h5-10H,1-2,11-16H2,3-4H3;5,7-10H,1,6,11-15H2,2-4H3. The fourth-order valence-electron chi connectivity index (χ4n) is 6.48. The van der Waals surface area contributed by atoms with E-state index in [0.29, 0.717) is 19.3 Å². The number of nitrogens with zero attached hydrogens (tertiary/aromatic N) is 4. The highest BCUT2D eigenvalue weighted by Gasteiger charge is 2.39. The lowest BCUT2D eigenvalue weighted by Gasteiger charge is -2.37. The van der Waals surface area contributed by atoms with Gasteiger partial charge < -0.3 is 19.3 Å². The van der Waals surface area contributed by atoms with Crippen LogP contribution in [-0.4, -0.2) is 113 Å². The SMILES string of the molecule is C=CCC(CC)(C(=O)c1ccc(N2CCOCC2)cc1)N(C)C.C=CCC(CC=C)(C(=O)c1ccc(N2CCOCC2)cc1)N(C)C. The van der Waals surface area contributed by atoms with Crippen molar-refractivity contribution in [2.24, 2.45) is 0 Å². The summed E-state index contributed by atoms with van der Waals surface area (Å²) in [7, 11) is 7.81. The predicted octanol–water partition coefficient (Wildman–Crippen LogP) is 6.15. The number of carbonyl (C=O) groups is 2. The number of rotatable bonds is 15. The van der Waals surface area contributed by atoms with Gasteiger partial charge in [0.05, 0.1) is 37.5 Å². The normalized spacial score (nSPS) is 16.6. The van der Waals surface area contributed by atoms with Crippen molar-refractivity contribution in [1.82, 2.24) is 9.80 Å². The Balaban J connectivity index is 0.000000256. The number of ether oxygens (including phenoxy) is 2. The van der Waals surface area contributed by atoms with Gasteiger partial charge in [-0.25, -0.2) is 0 Å². The highest BCUT2D eigenvalue weighted by Crippen LogP contribution is 2.30. The van der Waals surface area contributed by atoms with E-state index >= 15 is 0 Å². The summed E-state index contributed by atoms with van der Waals surface area (Å²) in [5.41, 5.74) is 2.65. The fraction of sp³-hybridized carbons (Fsp3) is 0.487. The van der Waals surface area contributed by atoms with Crippen LogP contribution >= 0.6 is 0 Å². The number of hydrogen-bond donors (Lipinski definition) is 0. The first kappa shape index (κ1) is 37.9. The maximum atomic E-state index is 13.2. The van der Waals surface area contributed by atoms with Gasteiger partial charge in [0, 0.05) is 48.7 Å². The minimum atomic E-state index is -0.621. The molecular formula is C39H56N4O4. The summed E-state index contributed by atoms with van der Waals surface area (Å²) in [5, 5.41) is 0. The Bertz CT molecular complexity index is 1300. The third-order valence-electron chi connectivity index (χ3n) is 9.60. The Labute approximate surface area is 283 Å². The molecule has 0 aliphatic carbocycles. The van der Waals surface area contributed by atoms with Crippen LogP contribution in [0.3, 0.4) is 0 Å². The molecule has 256 valence electrons. The highest BCUT2D eigenvalue weighted by molar-refractivity contribution is 6.04. The molecule has 0 spiro atoms. The molecule has 2 saturated heterocycles. The Morgan fingerprint density at radius 2 is 0.957 bits per heavy atom. The molecule has 4 rings (SSSR count). The van der Waals surface area contributed by atoms with Crippen LogP contribution in [0.4, 0.5) is 11.4 Å². The average Bonchev–Trinajstić information content (AvgIpc) is 3.11. The molecule has 0 saturated carbocycles. The molecule has 2 aromatic rings. The van der Waals surface area contributed by atoms with Gasteiger partial charge in [0.2, 0.25) is 0 Å². The van der Waals surface area contributed by atoms with Crippen LogP contribution in [0.25, 0.3) is 0 Å². The van der Waals surface area contributed by atoms with E-state index in [1.807, 2.05) is 105 Å². The summed E-state index contributed by atoms with van der Waals surface area (Å²) in [6, 6.07) is 15.9. The van der Waals surface area contributed by atoms with E-state index in [4.69, 9.17) is 9.47 Å². The molecule has 8 nitrogen and oxygen atoms in total. The van der Waals surface area contributed by atoms with E-state index in [9.17, 15) is 9.59 Å². The van der Waals surface area contributed by atoms with Crippen molar-refractivity contribution in [2.75, 3.05) is 90.6 Å². The zero-order valence-corrected chi connectivity index (χ0v) is 29.4. The van der Waals surface area contributed by atoms with Gasteiger partial charge >= 0.3 is 0 Å². The monoisotopic (exact) mass is 644 g/mol. The van der Waals surface area contributed by atoms with Crippen molar-refractivity contribution < 1.29 is 19.1 Å². The molecule has 2 fully saturated rings. The van der Waals surface area contributed by atoms with Gasteiger partial charge in [0.1, 0.15) is 0 Å². The number of anilines is 2. The van der Waals surface area contributed by atoms with Crippen LogP contribution in [0.15, 0.2) is 86.5 Å². The van der Waals surface area contributed by atoms with Gasteiger partial charge in [-0.2, -0.15) is 0 Å². The van der Waals surface area contributed by atoms with E-state index in [1.54, 1.807) is 0 Å². The quantitative estimate of drug-likeness (QED) is 0.169. The van der Waals surface area contributed by atoms with Crippen LogP contribution in [0.1, 0.15) is 53.3 Å². The molecular weight excluding hydrogens is 588 g/mol. The molecule has 47 heavy (non-hydrogen) atoms. The van der Waals surface area contributed by atoms with Crippen molar-refractivity contribution in [3.8, 4) is 0 Å². The van der Waals surface area contributed by atoms with Gasteiger partial charge in [-0.1, -0.05) is 25.2 Å². The largest absolute Gasteiger partial charge is 0.378 e. The Morgan fingerprint density at radius 1 is 0.638 bits per heavy atom. The van der Waals surface area contributed by atoms with Gasteiger partial charge in [0.25, 0.3) is 0 Å². The van der Waals surface area contributed by atoms with E-state index in [1.165, 1.54) is 0 Å². The summed E-state index contributed by atoms with van der Waals surface area (Å²) < 4.78 is 10.8. The number of Topliss-reactive ketones (excluding diaryl/α,β-unsaturated/α-hetero) is 2. The predicted molar refractivity (Wildman–Crippen MR) is 195 cm³/mol. The van der Waals surface area contributed by atoms with Crippen LogP contribution < -0.4 is 9.80 Å². The summed E-state index contributed by atoms with van der Waals surface area (Å²) in [4.78, 5) is 34.9. The summed E-state index contributed by atoms with van der Waals surface area (Å²) in [6.07, 6.45) is 8.05. The van der Waals surface area contributed by atoms with Crippen LogP contribution in [0, 0.1) is 0 Å². The van der Waals surface area contributed by atoms with Crippen LogP contribution in [-0.2, 0) is 9.47 Å². The number of hydrogen-bond acceptors (Lipinski definition) is 8. The van der Waals surface area contributed by atoms with Crippen molar-refractivity contribution in [3.05, 3.63) is 97.6 Å². The lowest BCUT2D eigenvalue weighted by atomic mass is 9.82. The second-order valence-electron chi connectivity index (χ2n) is 12.6. The van der Waals surface area contributed by atoms with Gasteiger partial charge in [0.15, 0.2) is 11.6 Å². The topological polar surface area (TPSA) is 65.6 Å². The Kier molecular flexibility index (Phi) is 14.6. The third kappa shape index (κ3) is 9.08. The van der Waals surface area contributed by atoms with Gasteiger partial charge in [-0.3, -0.25) is 19.4 Å². The van der Waals surface area contributed by atoms with Crippen molar-refractivity contribution in [1.29, 1.82) is 0 Å². The maximum Gasteiger partial charge on any atom is 0.183 e. The number of ketones is 2. The van der Waals surface area contributed by atoms with Gasteiger partial charge in [-0.15, -0.1) is 19.7 Å². The number of carbonyl (C=O) groups excluding carboxylic acids is 2. The molecule has 1 atom stereocenters. The first-order chi connectivity index (χ1) is 22.6. The van der Waals surface area contributed by atoms with Crippen molar-refractivity contribution in [2.45, 2.75) is 43.7 Å². The number of morpholine rings is 2. The molecule has 0 bridgehead atoms. The second kappa shape index (κ2) is 18.1. The minimum absolute atomic E-state index is 0.112. The van der Waals surface area contributed by atoms with Gasteiger partial charge in [-0.05, 0) is 102 Å². The second-order valence-corrected chi connectivity index (χ2v) is 12.6. The Hall–Kier alpha value is -3.56. The van der Waals surface area contributed by atoms with Crippen molar-refractivity contribution in [3.63, 3.8) is 0 Å². The molecule has 0 radical (unpaired) electrons. The number of likely N-dealkylation sites (N-methyl/N-ethyl adjacent to an activating group) is 2. The lowest BCUT2D eigenvalue weighted by molar-refractivity contribution is 0.0672. The highest BCUT2D eigenvalue weighted by atomic mass is 16.5. The summed E-state index contributed by atoms with van der Waals surface area (Å²) in [6.45, 7) is 20.2. The van der Waals surface area contributed by atoms with Crippen molar-refractivity contribution >= 4 is 22.9 Å². The summed E-state index contributed by atoms with van der Waals surface area (Å²) >= 11 is 0. The first-order valence-corrected chi connectivity index (χ1v) is 16.7. The molecule has 2 aromatic carbocycles. The van der Waals surface area contributed by atoms with E-state index in [0.717, 1.165) is 81.5 Å². The molecule has 2 heterocycles. The molecule has 2 aliphatic rings. The maximum absolute atomic E-state index is 13.2. The van der Waals surface area contributed by atoms with E-state index < -0.39 is 11.1 Å². The Morgan fingerprint density at radius 3 is 1.26 bits per heavy atom. The molecule has 1 unspecified atom stereocenters. The number of benzene rings is 2. The molecule has 0 amide bonds. The summed E-state index contributed by atoms with van der Waals surface area (Å²) in [5.74, 6) is 0.277. The molecule has 0 aromatic heterocycles. The van der Waals surface area contributed by atoms with E-state index in [2.05, 4.69) is 36.5 Å². The third-order valence-corrected chi connectivity index (χ3v) is 9.60. The fourth-order valence-corrected chi connectivity index (χ4v) is 6.48. The first-order valence-electron chi connectivity index (χ1n) is 16.7. The molecule has 8 heteroatoms. The van der Waals surface area contributed by atoms with E-state index in [-0.39, 0.29) is 11.6 Å². The molecule has 2 aliphatic heterocycles.